The predicted molar refractivity (Wildman–Crippen MR) is 63.8 cm³/mol. The van der Waals surface area contributed by atoms with Gasteiger partial charge in [0, 0.05) is 6.42 Å². The van der Waals surface area contributed by atoms with Crippen LogP contribution in [0, 0.1) is 0 Å². The molecular weight excluding hydrogens is 256 g/mol. The Morgan fingerprint density at radius 2 is 2.05 bits per heavy atom. The molecule has 1 aromatic rings. The Labute approximate surface area is 110 Å². The van der Waals surface area contributed by atoms with Gasteiger partial charge in [0.25, 0.3) is 6.43 Å². The third-order valence-electron chi connectivity index (χ3n) is 3.35. The van der Waals surface area contributed by atoms with E-state index in [1.54, 1.807) is 0 Å². The molecular formula is C12H19F2N3O2. The molecule has 108 valence electrons. The Balaban J connectivity index is 1.84. The van der Waals surface area contributed by atoms with Crippen LogP contribution in [0.5, 0.6) is 0 Å². The summed E-state index contributed by atoms with van der Waals surface area (Å²) >= 11 is 0. The van der Waals surface area contributed by atoms with Crippen molar-refractivity contribution in [3.63, 3.8) is 0 Å². The van der Waals surface area contributed by atoms with Gasteiger partial charge in [0.2, 0.25) is 5.89 Å². The van der Waals surface area contributed by atoms with Crippen molar-refractivity contribution in [2.45, 2.75) is 50.5 Å². The smallest absolute Gasteiger partial charge is 0.261 e. The lowest BCUT2D eigenvalue weighted by Crippen LogP contribution is -2.39. The second kappa shape index (κ2) is 6.38. The highest BCUT2D eigenvalue weighted by atomic mass is 19.3. The summed E-state index contributed by atoms with van der Waals surface area (Å²) in [4.78, 5) is 4.25. The van der Waals surface area contributed by atoms with Crippen LogP contribution in [0.1, 0.15) is 43.8 Å². The molecule has 7 heteroatoms. The van der Waals surface area contributed by atoms with E-state index >= 15 is 0 Å². The van der Waals surface area contributed by atoms with Crippen molar-refractivity contribution in [1.82, 2.24) is 10.1 Å². The summed E-state index contributed by atoms with van der Waals surface area (Å²) in [6.07, 6.45) is 2.90. The first-order valence-corrected chi connectivity index (χ1v) is 6.58. The van der Waals surface area contributed by atoms with Crippen molar-refractivity contribution in [2.24, 2.45) is 5.73 Å². The van der Waals surface area contributed by atoms with Crippen molar-refractivity contribution in [3.8, 4) is 0 Å². The third kappa shape index (κ3) is 3.94. The summed E-state index contributed by atoms with van der Waals surface area (Å²) in [5, 5.41) is 3.82. The molecule has 1 aliphatic carbocycles. The van der Waals surface area contributed by atoms with Gasteiger partial charge in [-0.15, -0.1) is 0 Å². The lowest BCUT2D eigenvalue weighted by Gasteiger charge is -2.29. The fourth-order valence-electron chi connectivity index (χ4n) is 2.29. The second-order valence-electron chi connectivity index (χ2n) is 4.95. The summed E-state index contributed by atoms with van der Waals surface area (Å²) in [5.41, 5.74) is 5.74. The molecule has 0 bridgehead atoms. The molecule has 1 heterocycles. The largest absolute Gasteiger partial charge is 0.375 e. The van der Waals surface area contributed by atoms with E-state index in [0.29, 0.717) is 18.1 Å². The van der Waals surface area contributed by atoms with E-state index in [1.165, 1.54) is 6.42 Å². The fraction of sp³-hybridized carbons (Fsp3) is 0.833. The highest BCUT2D eigenvalue weighted by Crippen LogP contribution is 2.33. The zero-order valence-electron chi connectivity index (χ0n) is 10.8. The first kappa shape index (κ1) is 14.3. The summed E-state index contributed by atoms with van der Waals surface area (Å²) in [5.74, 6) is 0.913. The lowest BCUT2D eigenvalue weighted by molar-refractivity contribution is 0.0182. The number of hydrogen-bond donors (Lipinski definition) is 1. The second-order valence-corrected chi connectivity index (χ2v) is 4.95. The molecule has 5 nitrogen and oxygen atoms in total. The number of nitrogens with zero attached hydrogens (tertiary/aromatic N) is 2. The van der Waals surface area contributed by atoms with Crippen LogP contribution in [0.2, 0.25) is 0 Å². The number of aromatic nitrogens is 2. The van der Waals surface area contributed by atoms with Gasteiger partial charge in [-0.05, 0) is 12.8 Å². The Bertz CT molecular complexity index is 392. The minimum atomic E-state index is -2.45. The van der Waals surface area contributed by atoms with Gasteiger partial charge in [0.1, 0.15) is 6.61 Å². The van der Waals surface area contributed by atoms with Gasteiger partial charge in [-0.1, -0.05) is 24.4 Å². The monoisotopic (exact) mass is 275 g/mol. The zero-order valence-corrected chi connectivity index (χ0v) is 10.8. The average molecular weight is 275 g/mol. The van der Waals surface area contributed by atoms with E-state index in [4.69, 9.17) is 15.0 Å². The first-order chi connectivity index (χ1) is 9.10. The van der Waals surface area contributed by atoms with E-state index < -0.39 is 18.6 Å². The average Bonchev–Trinajstić information content (AvgIpc) is 2.85. The molecule has 0 unspecified atom stereocenters. The lowest BCUT2D eigenvalue weighted by atomic mass is 9.82. The predicted octanol–water partition coefficient (Wildman–Crippen LogP) is 2.01. The highest BCUT2D eigenvalue weighted by molar-refractivity contribution is 5.03. The van der Waals surface area contributed by atoms with Gasteiger partial charge in [-0.25, -0.2) is 8.78 Å². The number of halogens is 2. The van der Waals surface area contributed by atoms with Crippen LogP contribution >= 0.6 is 0 Å². The number of alkyl halides is 2. The SMILES string of the molecule is NC1(c2nc(CCOCC(F)F)no2)CCCCC1. The van der Waals surface area contributed by atoms with Crippen LogP contribution in [0.15, 0.2) is 4.52 Å². The van der Waals surface area contributed by atoms with Crippen LogP contribution in [0.3, 0.4) is 0 Å². The van der Waals surface area contributed by atoms with Gasteiger partial charge in [-0.3, -0.25) is 0 Å². The number of rotatable bonds is 6. The molecule has 1 aliphatic rings. The molecule has 1 fully saturated rings. The molecule has 0 spiro atoms. The quantitative estimate of drug-likeness (QED) is 0.804. The Morgan fingerprint density at radius 3 is 2.74 bits per heavy atom. The molecule has 0 saturated heterocycles. The van der Waals surface area contributed by atoms with Crippen molar-refractivity contribution >= 4 is 0 Å². The molecule has 2 rings (SSSR count). The molecule has 0 amide bonds. The normalized spacial score (nSPS) is 18.9. The number of ether oxygens (including phenoxy) is 1. The number of nitrogens with two attached hydrogens (primary N) is 1. The van der Waals surface area contributed by atoms with Crippen molar-refractivity contribution < 1.29 is 18.0 Å². The van der Waals surface area contributed by atoms with Gasteiger partial charge in [0.15, 0.2) is 5.82 Å². The van der Waals surface area contributed by atoms with E-state index in [-0.39, 0.29) is 6.61 Å². The molecule has 19 heavy (non-hydrogen) atoms. The molecule has 1 aromatic heterocycles. The maximum Gasteiger partial charge on any atom is 0.261 e. The third-order valence-corrected chi connectivity index (χ3v) is 3.35. The van der Waals surface area contributed by atoms with Gasteiger partial charge >= 0.3 is 0 Å². The molecule has 0 aliphatic heterocycles. The Kier molecular flexibility index (Phi) is 4.81. The summed E-state index contributed by atoms with van der Waals surface area (Å²) in [7, 11) is 0. The van der Waals surface area contributed by atoms with E-state index in [2.05, 4.69) is 10.1 Å². The van der Waals surface area contributed by atoms with Crippen LogP contribution in [0.4, 0.5) is 8.78 Å². The summed E-state index contributed by atoms with van der Waals surface area (Å²) in [6, 6.07) is 0. The van der Waals surface area contributed by atoms with Crippen LogP contribution in [0.25, 0.3) is 0 Å². The standard InChI is InChI=1S/C12H19F2N3O2/c13-9(14)8-18-7-4-10-16-11(19-17-10)12(15)5-2-1-3-6-12/h9H,1-8,15H2. The maximum atomic E-state index is 11.9. The van der Waals surface area contributed by atoms with Crippen LogP contribution in [-0.4, -0.2) is 29.8 Å². The summed E-state index contributed by atoms with van der Waals surface area (Å²) in [6.45, 7) is -0.410. The van der Waals surface area contributed by atoms with E-state index in [9.17, 15) is 8.78 Å². The molecule has 0 aromatic carbocycles. The van der Waals surface area contributed by atoms with Gasteiger partial charge in [0.05, 0.1) is 12.1 Å². The topological polar surface area (TPSA) is 74.2 Å². The van der Waals surface area contributed by atoms with E-state index in [1.807, 2.05) is 0 Å². The zero-order chi connectivity index (χ0) is 13.7. The maximum absolute atomic E-state index is 11.9. The van der Waals surface area contributed by atoms with Crippen LogP contribution < -0.4 is 5.73 Å². The minimum Gasteiger partial charge on any atom is -0.375 e. The van der Waals surface area contributed by atoms with E-state index in [0.717, 1.165) is 25.7 Å². The molecule has 0 radical (unpaired) electrons. The fourth-order valence-corrected chi connectivity index (χ4v) is 2.29. The van der Waals surface area contributed by atoms with Gasteiger partial charge in [-0.2, -0.15) is 4.98 Å². The Morgan fingerprint density at radius 1 is 1.32 bits per heavy atom. The first-order valence-electron chi connectivity index (χ1n) is 6.58. The summed E-state index contributed by atoms with van der Waals surface area (Å²) < 4.78 is 33.7. The van der Waals surface area contributed by atoms with Crippen molar-refractivity contribution in [1.29, 1.82) is 0 Å². The molecule has 2 N–H and O–H groups in total. The highest BCUT2D eigenvalue weighted by Gasteiger charge is 2.35. The van der Waals surface area contributed by atoms with Gasteiger partial charge < -0.3 is 15.0 Å². The molecule has 1 saturated carbocycles. The van der Waals surface area contributed by atoms with Crippen LogP contribution in [-0.2, 0) is 16.7 Å². The van der Waals surface area contributed by atoms with Crippen molar-refractivity contribution in [2.75, 3.05) is 13.2 Å². The number of hydrogen-bond acceptors (Lipinski definition) is 5. The minimum absolute atomic E-state index is 0.154. The van der Waals surface area contributed by atoms with Crippen molar-refractivity contribution in [3.05, 3.63) is 11.7 Å². The molecule has 0 atom stereocenters. The Hall–Kier alpha value is -1.08.